The van der Waals surface area contributed by atoms with Crippen molar-refractivity contribution in [2.24, 2.45) is 5.92 Å². The summed E-state index contributed by atoms with van der Waals surface area (Å²) >= 11 is 0. The highest BCUT2D eigenvalue weighted by atomic mass is 16.5. The lowest BCUT2D eigenvalue weighted by molar-refractivity contribution is -0.140. The summed E-state index contributed by atoms with van der Waals surface area (Å²) in [4.78, 5) is 22.9. The molecule has 2 unspecified atom stereocenters. The summed E-state index contributed by atoms with van der Waals surface area (Å²) < 4.78 is 5.02. The van der Waals surface area contributed by atoms with Gasteiger partial charge in [0.2, 0.25) is 0 Å². The molecule has 0 aliphatic carbocycles. The SMILES string of the molecule is CC1OC(=O)CC1CC(=O)c1ccccc1. The van der Waals surface area contributed by atoms with Gasteiger partial charge in [-0.15, -0.1) is 0 Å². The Balaban J connectivity index is 2.01. The van der Waals surface area contributed by atoms with Crippen molar-refractivity contribution >= 4 is 11.8 Å². The van der Waals surface area contributed by atoms with Crippen LogP contribution in [-0.2, 0) is 9.53 Å². The molecule has 0 amide bonds. The minimum atomic E-state index is -0.196. The first kappa shape index (κ1) is 10.9. The van der Waals surface area contributed by atoms with Crippen molar-refractivity contribution in [3.8, 4) is 0 Å². The Morgan fingerprint density at radius 2 is 2.06 bits per heavy atom. The second-order valence-corrected chi connectivity index (χ2v) is 4.15. The van der Waals surface area contributed by atoms with E-state index in [1.165, 1.54) is 0 Å². The molecule has 1 fully saturated rings. The fraction of sp³-hybridized carbons (Fsp3) is 0.385. The maximum Gasteiger partial charge on any atom is 0.306 e. The van der Waals surface area contributed by atoms with Gasteiger partial charge in [0.25, 0.3) is 0 Å². The van der Waals surface area contributed by atoms with Crippen molar-refractivity contribution in [1.29, 1.82) is 0 Å². The molecule has 3 nitrogen and oxygen atoms in total. The van der Waals surface area contributed by atoms with Gasteiger partial charge in [-0.2, -0.15) is 0 Å². The summed E-state index contributed by atoms with van der Waals surface area (Å²) in [5.74, 6) is -0.0886. The third kappa shape index (κ3) is 2.30. The number of benzene rings is 1. The van der Waals surface area contributed by atoms with Crippen LogP contribution >= 0.6 is 0 Å². The number of hydrogen-bond acceptors (Lipinski definition) is 3. The standard InChI is InChI=1S/C13H14O3/c1-9-11(8-13(15)16-9)7-12(14)10-5-3-2-4-6-10/h2-6,9,11H,7-8H2,1H3. The van der Waals surface area contributed by atoms with Crippen LogP contribution in [-0.4, -0.2) is 17.9 Å². The number of carbonyl (C=O) groups is 2. The third-order valence-corrected chi connectivity index (χ3v) is 2.95. The summed E-state index contributed by atoms with van der Waals surface area (Å²) in [6.45, 7) is 1.84. The van der Waals surface area contributed by atoms with Crippen LogP contribution in [0.1, 0.15) is 30.1 Å². The molecule has 1 heterocycles. The van der Waals surface area contributed by atoms with E-state index in [0.29, 0.717) is 18.4 Å². The zero-order valence-corrected chi connectivity index (χ0v) is 9.18. The molecule has 1 aromatic carbocycles. The maximum atomic E-state index is 11.9. The lowest BCUT2D eigenvalue weighted by Crippen LogP contribution is -2.15. The molecule has 0 N–H and O–H groups in total. The molecular weight excluding hydrogens is 204 g/mol. The quantitative estimate of drug-likeness (QED) is 0.577. The Morgan fingerprint density at radius 3 is 2.62 bits per heavy atom. The normalized spacial score (nSPS) is 24.2. The lowest BCUT2D eigenvalue weighted by atomic mass is 9.93. The molecule has 0 spiro atoms. The average molecular weight is 218 g/mol. The van der Waals surface area contributed by atoms with Gasteiger partial charge < -0.3 is 4.74 Å². The first-order valence-electron chi connectivity index (χ1n) is 5.44. The van der Waals surface area contributed by atoms with Gasteiger partial charge in [0.1, 0.15) is 6.10 Å². The van der Waals surface area contributed by atoms with E-state index in [2.05, 4.69) is 0 Å². The zero-order valence-electron chi connectivity index (χ0n) is 9.18. The van der Waals surface area contributed by atoms with E-state index in [4.69, 9.17) is 4.74 Å². The summed E-state index contributed by atoms with van der Waals surface area (Å²) in [6, 6.07) is 9.15. The lowest BCUT2D eigenvalue weighted by Gasteiger charge is -2.11. The molecule has 3 heteroatoms. The smallest absolute Gasteiger partial charge is 0.306 e. The van der Waals surface area contributed by atoms with Gasteiger partial charge in [0.15, 0.2) is 5.78 Å². The molecule has 1 aliphatic heterocycles. The molecule has 0 aromatic heterocycles. The molecule has 0 saturated carbocycles. The van der Waals surface area contributed by atoms with Crippen molar-refractivity contribution in [2.75, 3.05) is 0 Å². The highest BCUT2D eigenvalue weighted by Crippen LogP contribution is 2.26. The number of ketones is 1. The van der Waals surface area contributed by atoms with E-state index >= 15 is 0 Å². The predicted molar refractivity (Wildman–Crippen MR) is 59.1 cm³/mol. The van der Waals surface area contributed by atoms with Crippen LogP contribution in [0.4, 0.5) is 0 Å². The van der Waals surface area contributed by atoms with Crippen molar-refractivity contribution in [2.45, 2.75) is 25.9 Å². The maximum absolute atomic E-state index is 11.9. The number of hydrogen-bond donors (Lipinski definition) is 0. The minimum Gasteiger partial charge on any atom is -0.462 e. The molecule has 1 aliphatic rings. The van der Waals surface area contributed by atoms with Gasteiger partial charge >= 0.3 is 5.97 Å². The fourth-order valence-electron chi connectivity index (χ4n) is 1.95. The van der Waals surface area contributed by atoms with E-state index in [0.717, 1.165) is 0 Å². The summed E-state index contributed by atoms with van der Waals surface area (Å²) in [6.07, 6.45) is 0.608. The monoisotopic (exact) mass is 218 g/mol. The van der Waals surface area contributed by atoms with Crippen molar-refractivity contribution in [3.05, 3.63) is 35.9 Å². The molecule has 1 saturated heterocycles. The van der Waals surface area contributed by atoms with Gasteiger partial charge in [0, 0.05) is 17.9 Å². The van der Waals surface area contributed by atoms with Crippen LogP contribution < -0.4 is 0 Å². The zero-order chi connectivity index (χ0) is 11.5. The van der Waals surface area contributed by atoms with E-state index < -0.39 is 0 Å². The van der Waals surface area contributed by atoms with Crippen LogP contribution in [0.2, 0.25) is 0 Å². The number of carbonyl (C=O) groups excluding carboxylic acids is 2. The van der Waals surface area contributed by atoms with Gasteiger partial charge in [-0.05, 0) is 6.92 Å². The second kappa shape index (κ2) is 4.47. The summed E-state index contributed by atoms with van der Waals surface area (Å²) in [7, 11) is 0. The van der Waals surface area contributed by atoms with Crippen LogP contribution in [0, 0.1) is 5.92 Å². The number of cyclic esters (lactones) is 1. The predicted octanol–water partition coefficient (Wildman–Crippen LogP) is 2.21. The Bertz CT molecular complexity index is 397. The van der Waals surface area contributed by atoms with Crippen LogP contribution in [0.3, 0.4) is 0 Å². The molecule has 16 heavy (non-hydrogen) atoms. The van der Waals surface area contributed by atoms with Gasteiger partial charge in [-0.3, -0.25) is 9.59 Å². The summed E-state index contributed by atoms with van der Waals surface area (Å²) in [5.41, 5.74) is 0.703. The number of esters is 1. The van der Waals surface area contributed by atoms with Gasteiger partial charge in [-0.25, -0.2) is 0 Å². The van der Waals surface area contributed by atoms with E-state index in [9.17, 15) is 9.59 Å². The Morgan fingerprint density at radius 1 is 1.38 bits per heavy atom. The van der Waals surface area contributed by atoms with E-state index in [1.54, 1.807) is 12.1 Å². The molecule has 2 atom stereocenters. The molecule has 0 radical (unpaired) electrons. The first-order valence-corrected chi connectivity index (χ1v) is 5.44. The number of rotatable bonds is 3. The van der Waals surface area contributed by atoms with Crippen molar-refractivity contribution in [1.82, 2.24) is 0 Å². The fourth-order valence-corrected chi connectivity index (χ4v) is 1.95. The van der Waals surface area contributed by atoms with Crippen molar-refractivity contribution < 1.29 is 14.3 Å². The summed E-state index contributed by atoms with van der Waals surface area (Å²) in [5, 5.41) is 0. The Hall–Kier alpha value is -1.64. The van der Waals surface area contributed by atoms with E-state index in [-0.39, 0.29) is 23.8 Å². The number of Topliss-reactive ketones (excluding diaryl/α,β-unsaturated/α-hetero) is 1. The van der Waals surface area contributed by atoms with Crippen LogP contribution in [0.25, 0.3) is 0 Å². The highest BCUT2D eigenvalue weighted by molar-refractivity contribution is 5.96. The van der Waals surface area contributed by atoms with Gasteiger partial charge in [-0.1, -0.05) is 30.3 Å². The highest BCUT2D eigenvalue weighted by Gasteiger charge is 2.32. The molecule has 1 aromatic rings. The van der Waals surface area contributed by atoms with Crippen LogP contribution in [0.5, 0.6) is 0 Å². The Labute approximate surface area is 94.4 Å². The van der Waals surface area contributed by atoms with Crippen molar-refractivity contribution in [3.63, 3.8) is 0 Å². The molecule has 0 bridgehead atoms. The minimum absolute atomic E-state index is 0.0280. The second-order valence-electron chi connectivity index (χ2n) is 4.15. The first-order chi connectivity index (χ1) is 7.66. The van der Waals surface area contributed by atoms with Crippen LogP contribution in [0.15, 0.2) is 30.3 Å². The van der Waals surface area contributed by atoms with E-state index in [1.807, 2.05) is 25.1 Å². The Kier molecular flexibility index (Phi) is 3.04. The molecule has 84 valence electrons. The molecule has 2 rings (SSSR count). The largest absolute Gasteiger partial charge is 0.462 e. The number of ether oxygens (including phenoxy) is 1. The topological polar surface area (TPSA) is 43.4 Å². The third-order valence-electron chi connectivity index (χ3n) is 2.95. The molecular formula is C13H14O3. The average Bonchev–Trinajstić information content (AvgIpc) is 2.59. The van der Waals surface area contributed by atoms with Gasteiger partial charge in [0.05, 0.1) is 6.42 Å².